The highest BCUT2D eigenvalue weighted by Crippen LogP contribution is 2.28. The van der Waals surface area contributed by atoms with Crippen LogP contribution in [0.2, 0.25) is 0 Å². The van der Waals surface area contributed by atoms with Gasteiger partial charge >= 0.3 is 5.97 Å². The van der Waals surface area contributed by atoms with Crippen LogP contribution in [0, 0.1) is 0 Å². The molecule has 1 fully saturated rings. The lowest BCUT2D eigenvalue weighted by Crippen LogP contribution is -2.46. The van der Waals surface area contributed by atoms with E-state index in [2.05, 4.69) is 21.7 Å². The van der Waals surface area contributed by atoms with Gasteiger partial charge in [-0.25, -0.2) is 4.79 Å². The Balaban J connectivity index is 0.00000456. The van der Waals surface area contributed by atoms with Crippen LogP contribution in [0.25, 0.3) is 10.9 Å². The molecule has 1 aliphatic rings. The number of hydrogen-bond donors (Lipinski definition) is 2. The number of aliphatic hydroxyl groups is 1. The minimum absolute atomic E-state index is 0. The number of piperidine rings is 1. The van der Waals surface area contributed by atoms with E-state index in [0.717, 1.165) is 61.1 Å². The number of β-amino-alcohol motifs (C(OH)–C–C–N with tert-alkyl or cyclic N) is 1. The summed E-state index contributed by atoms with van der Waals surface area (Å²) in [5.41, 5.74) is 1.73. The molecule has 1 aromatic heterocycles. The van der Waals surface area contributed by atoms with Crippen molar-refractivity contribution in [1.82, 2.24) is 14.8 Å². The number of fused-ring (bicyclic) bond motifs is 1. The predicted octanol–water partition coefficient (Wildman–Crippen LogP) is 5.92. The number of carboxylic acid groups (broad SMARTS) is 1. The lowest BCUT2D eigenvalue weighted by molar-refractivity contribution is -0.131. The molecule has 0 saturated carbocycles. The first-order valence-corrected chi connectivity index (χ1v) is 13.0. The zero-order valence-corrected chi connectivity index (χ0v) is 24.9. The van der Waals surface area contributed by atoms with Gasteiger partial charge in [-0.3, -0.25) is 9.88 Å². The number of ether oxygens (including phenoxy) is 1. The molecule has 1 aromatic carbocycles. The highest BCUT2D eigenvalue weighted by molar-refractivity contribution is 5.86. The van der Waals surface area contributed by atoms with Gasteiger partial charge in [0.2, 0.25) is 0 Å². The van der Waals surface area contributed by atoms with Gasteiger partial charge < -0.3 is 19.8 Å². The van der Waals surface area contributed by atoms with Crippen LogP contribution in [0.5, 0.6) is 5.75 Å². The van der Waals surface area contributed by atoms with Crippen molar-refractivity contribution >= 4 is 54.1 Å². The fraction of sp³-hybridized carbons (Fsp3) is 0.571. The predicted molar refractivity (Wildman–Crippen MR) is 162 cm³/mol. The van der Waals surface area contributed by atoms with E-state index in [4.69, 9.17) is 9.84 Å². The molecular weight excluding hydrogens is 549 g/mol. The maximum Gasteiger partial charge on any atom is 0.328 e. The standard InChI is InChI=1S/C28H41N3O4.3ClH/c1-3-4-5-6-7-16-31(17-8-9-28(33)34)22-13-18-30(19-14-22)21-27(32)24-12-15-29-26-11-10-23(35-2)20-25(24)26;;;/h8-12,15,20,22,27,32H,3-7,13-14,16-19,21H2,1-2H3,(H,33,34);3*1H/t27-;;;/m0.../s1. The molecule has 3 rings (SSSR count). The van der Waals surface area contributed by atoms with Gasteiger partial charge in [0.05, 0.1) is 18.7 Å². The number of aromatic nitrogens is 1. The summed E-state index contributed by atoms with van der Waals surface area (Å²) in [6.07, 6.45) is 12.4. The molecule has 0 radical (unpaired) electrons. The molecule has 38 heavy (non-hydrogen) atoms. The van der Waals surface area contributed by atoms with Gasteiger partial charge in [0.25, 0.3) is 0 Å². The number of aliphatic carboxylic acids is 1. The van der Waals surface area contributed by atoms with E-state index in [1.165, 1.54) is 31.8 Å². The third kappa shape index (κ3) is 11.2. The van der Waals surface area contributed by atoms with Crippen molar-refractivity contribution in [2.75, 3.05) is 39.8 Å². The second kappa shape index (κ2) is 19.4. The molecule has 0 aliphatic carbocycles. The zero-order chi connectivity index (χ0) is 25.0. The van der Waals surface area contributed by atoms with Crippen LogP contribution in [0.15, 0.2) is 42.6 Å². The van der Waals surface area contributed by atoms with E-state index < -0.39 is 12.1 Å². The van der Waals surface area contributed by atoms with Crippen molar-refractivity contribution < 1.29 is 19.7 Å². The Hall–Kier alpha value is -1.61. The summed E-state index contributed by atoms with van der Waals surface area (Å²) in [6, 6.07) is 8.09. The molecule has 2 heterocycles. The van der Waals surface area contributed by atoms with E-state index in [1.54, 1.807) is 19.4 Å². The van der Waals surface area contributed by atoms with Gasteiger partial charge in [-0.1, -0.05) is 38.7 Å². The molecule has 0 bridgehead atoms. The van der Waals surface area contributed by atoms with Crippen molar-refractivity contribution in [3.8, 4) is 5.75 Å². The smallest absolute Gasteiger partial charge is 0.328 e. The molecule has 2 aromatic rings. The number of carboxylic acids is 1. The Labute approximate surface area is 245 Å². The molecular formula is C28H44Cl3N3O4. The summed E-state index contributed by atoms with van der Waals surface area (Å²) in [5.74, 6) is -0.135. The Morgan fingerprint density at radius 3 is 2.53 bits per heavy atom. The average molecular weight is 593 g/mol. The number of halogens is 3. The Bertz CT molecular complexity index is 972. The lowest BCUT2D eigenvalue weighted by Gasteiger charge is -2.39. The number of unbranched alkanes of at least 4 members (excludes halogenated alkanes) is 4. The number of pyridine rings is 1. The van der Waals surface area contributed by atoms with Crippen molar-refractivity contribution in [2.45, 2.75) is 64.0 Å². The number of hydrogen-bond acceptors (Lipinski definition) is 6. The first kappa shape index (κ1) is 36.4. The van der Waals surface area contributed by atoms with Crippen LogP contribution in [0.3, 0.4) is 0 Å². The van der Waals surface area contributed by atoms with Crippen LogP contribution < -0.4 is 4.74 Å². The minimum Gasteiger partial charge on any atom is -0.497 e. The third-order valence-electron chi connectivity index (χ3n) is 7.00. The van der Waals surface area contributed by atoms with Crippen molar-refractivity contribution in [3.05, 3.63) is 48.2 Å². The number of likely N-dealkylation sites (tertiary alicyclic amines) is 1. The van der Waals surface area contributed by atoms with Gasteiger partial charge in [0.1, 0.15) is 5.75 Å². The first-order chi connectivity index (χ1) is 17.0. The topological polar surface area (TPSA) is 86.1 Å². The molecule has 216 valence electrons. The zero-order valence-electron chi connectivity index (χ0n) is 22.5. The number of methoxy groups -OCH3 is 1. The van der Waals surface area contributed by atoms with Crippen molar-refractivity contribution in [1.29, 1.82) is 0 Å². The summed E-state index contributed by atoms with van der Waals surface area (Å²) in [4.78, 5) is 20.1. The average Bonchev–Trinajstić information content (AvgIpc) is 2.87. The summed E-state index contributed by atoms with van der Waals surface area (Å²) in [6.45, 7) is 6.33. The Morgan fingerprint density at radius 1 is 1.16 bits per heavy atom. The second-order valence-corrected chi connectivity index (χ2v) is 9.48. The number of aliphatic hydroxyl groups excluding tert-OH is 1. The summed E-state index contributed by atoms with van der Waals surface area (Å²) in [7, 11) is 1.64. The van der Waals surface area contributed by atoms with E-state index in [0.29, 0.717) is 19.1 Å². The van der Waals surface area contributed by atoms with E-state index in [9.17, 15) is 9.90 Å². The van der Waals surface area contributed by atoms with E-state index >= 15 is 0 Å². The van der Waals surface area contributed by atoms with Crippen molar-refractivity contribution in [3.63, 3.8) is 0 Å². The van der Waals surface area contributed by atoms with Crippen molar-refractivity contribution in [2.24, 2.45) is 0 Å². The molecule has 7 nitrogen and oxygen atoms in total. The summed E-state index contributed by atoms with van der Waals surface area (Å²) in [5, 5.41) is 21.0. The highest BCUT2D eigenvalue weighted by atomic mass is 35.5. The van der Waals surface area contributed by atoms with Gasteiger partial charge in [-0.2, -0.15) is 0 Å². The number of carbonyl (C=O) groups is 1. The first-order valence-electron chi connectivity index (χ1n) is 13.0. The Kier molecular flexibility index (Phi) is 18.6. The monoisotopic (exact) mass is 591 g/mol. The van der Waals surface area contributed by atoms with E-state index in [-0.39, 0.29) is 37.2 Å². The molecule has 0 amide bonds. The fourth-order valence-corrected chi connectivity index (χ4v) is 5.00. The quantitative estimate of drug-likeness (QED) is 0.208. The molecule has 0 spiro atoms. The maximum atomic E-state index is 11.1. The van der Waals surface area contributed by atoms with Crippen LogP contribution in [-0.4, -0.2) is 76.8 Å². The molecule has 1 aliphatic heterocycles. The van der Waals surface area contributed by atoms with Crippen LogP contribution in [0.1, 0.15) is 63.5 Å². The number of nitrogens with zero attached hydrogens (tertiary/aromatic N) is 3. The number of benzene rings is 1. The normalized spacial score (nSPS) is 15.1. The molecule has 1 atom stereocenters. The van der Waals surface area contributed by atoms with Crippen LogP contribution in [-0.2, 0) is 4.79 Å². The van der Waals surface area contributed by atoms with E-state index in [1.807, 2.05) is 24.3 Å². The molecule has 10 heteroatoms. The van der Waals surface area contributed by atoms with Gasteiger partial charge in [-0.05, 0) is 68.7 Å². The third-order valence-corrected chi connectivity index (χ3v) is 7.00. The summed E-state index contributed by atoms with van der Waals surface area (Å²) < 4.78 is 5.37. The second-order valence-electron chi connectivity index (χ2n) is 9.48. The lowest BCUT2D eigenvalue weighted by atomic mass is 9.99. The van der Waals surface area contributed by atoms with Gasteiger partial charge in [-0.15, -0.1) is 37.2 Å². The highest BCUT2D eigenvalue weighted by Gasteiger charge is 2.26. The molecule has 0 unspecified atom stereocenters. The van der Waals surface area contributed by atoms with Gasteiger partial charge in [0.15, 0.2) is 0 Å². The maximum absolute atomic E-state index is 11.1. The largest absolute Gasteiger partial charge is 0.497 e. The minimum atomic E-state index is -0.891. The molecule has 1 saturated heterocycles. The number of rotatable bonds is 14. The van der Waals surface area contributed by atoms with Crippen LogP contribution >= 0.6 is 37.2 Å². The Morgan fingerprint density at radius 2 is 1.87 bits per heavy atom. The summed E-state index contributed by atoms with van der Waals surface area (Å²) >= 11 is 0. The molecule has 2 N–H and O–H groups in total. The van der Waals surface area contributed by atoms with Gasteiger partial charge in [0, 0.05) is 36.8 Å². The fourth-order valence-electron chi connectivity index (χ4n) is 5.00. The SMILES string of the molecule is CCCCCCCN(CC=CC(=O)O)C1CCN(C[C@H](O)c2ccnc3ccc(OC)cc23)CC1.Cl.Cl.Cl. The van der Waals surface area contributed by atoms with Crippen LogP contribution in [0.4, 0.5) is 0 Å².